The summed E-state index contributed by atoms with van der Waals surface area (Å²) >= 11 is 0. The van der Waals surface area contributed by atoms with E-state index >= 15 is 0 Å². The first-order valence-corrected chi connectivity index (χ1v) is 35.2. The van der Waals surface area contributed by atoms with E-state index in [9.17, 15) is 0 Å². The van der Waals surface area contributed by atoms with Gasteiger partial charge in [-0.15, -0.1) is 65.8 Å². The van der Waals surface area contributed by atoms with Gasteiger partial charge < -0.3 is 4.42 Å². The SMILES string of the molecule is Cc1cc(C)n(-c2[c-]cccc2)n1.Cc1cc(C)n(-c2[c-]cccc2)n1.Cc1nn(-c2[c-]cccc2)c(C)c1-c1ccc(-c2ccccc2)cc1.[Ir].[Ir].[Ir].[c-]1ccccc1-c1ncco1.[c-]1ccccc1-n1cc(-c2ccc(-c3ccccc3)cc2)nn1.[c-]1ccccc1-n1ncc(-c2ccc(-c3ccccc3)cc2)n1. The van der Waals surface area contributed by atoms with Gasteiger partial charge in [-0.3, -0.25) is 19.0 Å². The molecule has 0 unspecified atom stereocenters. The third kappa shape index (κ3) is 21.8. The van der Waals surface area contributed by atoms with Crippen LogP contribution >= 0.6 is 0 Å². The average Bonchev–Trinajstić information content (AvgIpc) is 1.65. The zero-order chi connectivity index (χ0) is 74.2. The van der Waals surface area contributed by atoms with Crippen LogP contribution in [0.4, 0.5) is 0 Å². The van der Waals surface area contributed by atoms with Crippen LogP contribution in [0, 0.1) is 77.9 Å². The third-order valence-corrected chi connectivity index (χ3v) is 17.1. The number of nitrogens with zero attached hydrogens (tertiary/aromatic N) is 13. The minimum absolute atomic E-state index is 0. The monoisotopic (exact) mass is 1980 g/mol. The first-order valence-electron chi connectivity index (χ1n) is 35.2. The molecule has 555 valence electrons. The van der Waals surface area contributed by atoms with E-state index in [1.165, 1.54) is 44.5 Å². The van der Waals surface area contributed by atoms with Crippen LogP contribution in [0.2, 0.25) is 0 Å². The van der Waals surface area contributed by atoms with E-state index < -0.39 is 0 Å². The summed E-state index contributed by atoms with van der Waals surface area (Å²) < 4.78 is 12.6. The smallest absolute Gasteiger partial charge is 0.140 e. The van der Waals surface area contributed by atoms with Crippen LogP contribution in [0.15, 0.2) is 351 Å². The summed E-state index contributed by atoms with van der Waals surface area (Å²) in [5, 5.41) is 30.7. The Kier molecular flexibility index (Phi) is 29.8. The quantitative estimate of drug-likeness (QED) is 0.109. The molecule has 111 heavy (non-hydrogen) atoms. The summed E-state index contributed by atoms with van der Waals surface area (Å²) in [4.78, 5) is 5.59. The van der Waals surface area contributed by atoms with Gasteiger partial charge >= 0.3 is 0 Å². The van der Waals surface area contributed by atoms with E-state index in [0.29, 0.717) is 5.89 Å². The van der Waals surface area contributed by atoms with Crippen molar-refractivity contribution in [2.75, 3.05) is 0 Å². The normalized spacial score (nSPS) is 10.2. The zero-order valence-electron chi connectivity index (χ0n) is 61.6. The van der Waals surface area contributed by atoms with Gasteiger partial charge in [0, 0.05) is 94.1 Å². The molecule has 0 amide bonds. The molecule has 0 saturated heterocycles. The second kappa shape index (κ2) is 40.8. The van der Waals surface area contributed by atoms with Gasteiger partial charge in [0.2, 0.25) is 0 Å². The second-order valence-electron chi connectivity index (χ2n) is 24.9. The molecule has 14 nitrogen and oxygen atoms in total. The van der Waals surface area contributed by atoms with Crippen LogP contribution in [0.1, 0.15) is 34.2 Å². The predicted octanol–water partition coefficient (Wildman–Crippen LogP) is 21.1. The van der Waals surface area contributed by atoms with E-state index in [4.69, 9.17) is 9.52 Å². The Labute approximate surface area is 688 Å². The molecule has 0 bridgehead atoms. The van der Waals surface area contributed by atoms with Crippen molar-refractivity contribution in [1.29, 1.82) is 0 Å². The molecule has 17 heteroatoms. The maximum atomic E-state index is 5.08. The van der Waals surface area contributed by atoms with Crippen molar-refractivity contribution in [2.24, 2.45) is 0 Å². The van der Waals surface area contributed by atoms with E-state index in [-0.39, 0.29) is 60.3 Å². The van der Waals surface area contributed by atoms with Crippen LogP contribution in [0.25, 0.3) is 107 Å². The van der Waals surface area contributed by atoms with Crippen LogP contribution in [-0.4, -0.2) is 64.3 Å². The number of rotatable bonds is 12. The summed E-state index contributed by atoms with van der Waals surface area (Å²) in [6.45, 7) is 12.2. The largest absolute Gasteiger partial charge is 0.489 e. The van der Waals surface area contributed by atoms with E-state index in [2.05, 4.69) is 219 Å². The standard InChI is InChI=1S/C23H19N2.2C20H14N3.2C11H11N2.C9H6NO.3Ir/c1-17-23(18(2)25(24-17)22-11-7-4-8-12-22)21-15-13-20(14-16-21)19-9-5-3-6-10-19;1-3-7-16(8-4-1)17-11-13-18(14-12-17)20-15-23(22-21-20)19-9-5-2-6-10-19;1-3-7-16(8-4-1)17-11-13-18(14-12-17)20-15-21-23(22-20)19-9-5-2-6-10-19;2*1-9-8-10(2)13(12-9)11-6-4-3-5-7-11;1-2-4-8(5-3-1)9-10-6-7-11-9;;;/h3-11,13-16H,1-2H3;2*1-9,11-15H;2*3-6,8H,1-2H3;1-4,6-7H;;;/q6*-1;;;. The second-order valence-corrected chi connectivity index (χ2v) is 24.9. The Balaban J connectivity index is 0.000000144. The molecule has 0 aliphatic rings. The molecule has 0 aliphatic heterocycles. The molecule has 12 aromatic carbocycles. The Morgan fingerprint density at radius 2 is 0.712 bits per heavy atom. The maximum Gasteiger partial charge on any atom is 0.140 e. The van der Waals surface area contributed by atoms with Gasteiger partial charge in [0.15, 0.2) is 0 Å². The van der Waals surface area contributed by atoms with Gasteiger partial charge in [-0.2, -0.15) is 152 Å². The summed E-state index contributed by atoms with van der Waals surface area (Å²) in [6, 6.07) is 126. The van der Waals surface area contributed by atoms with Gasteiger partial charge in [0.1, 0.15) is 17.3 Å². The molecule has 18 rings (SSSR count). The zero-order valence-corrected chi connectivity index (χ0v) is 68.8. The fourth-order valence-corrected chi connectivity index (χ4v) is 11.9. The van der Waals surface area contributed by atoms with E-state index in [1.54, 1.807) is 28.1 Å². The van der Waals surface area contributed by atoms with E-state index in [1.807, 2.05) is 236 Å². The molecule has 0 aliphatic carbocycles. The molecule has 0 atom stereocenters. The molecule has 0 fully saturated rings. The number of benzene rings is 12. The van der Waals surface area contributed by atoms with Crippen LogP contribution in [0.5, 0.6) is 0 Å². The number of para-hydroxylation sites is 5. The molecule has 6 heterocycles. The average molecular weight is 1980 g/mol. The molecule has 0 spiro atoms. The minimum Gasteiger partial charge on any atom is -0.489 e. The number of hydrogen-bond acceptors (Lipinski definition) is 9. The molecular formula is C94H75Ir3N13O-6. The van der Waals surface area contributed by atoms with Crippen LogP contribution in [-0.2, 0) is 60.3 Å². The summed E-state index contributed by atoms with van der Waals surface area (Å²) in [5.74, 6) is 0.616. The number of oxazole rings is 1. The van der Waals surface area contributed by atoms with Crippen molar-refractivity contribution in [3.8, 4) is 107 Å². The van der Waals surface area contributed by atoms with Crippen LogP contribution in [0.3, 0.4) is 0 Å². The first-order chi connectivity index (χ1) is 53.0. The molecule has 18 aromatic rings. The fraction of sp³-hybridized carbons (Fsp3) is 0.0638. The third-order valence-electron chi connectivity index (χ3n) is 17.1. The number of aromatic nitrogens is 13. The molecule has 6 aromatic heterocycles. The summed E-state index contributed by atoms with van der Waals surface area (Å²) in [6.07, 6.45) is 6.87. The van der Waals surface area contributed by atoms with Crippen molar-refractivity contribution in [1.82, 2.24) is 64.3 Å². The Hall–Kier alpha value is -12.3. The van der Waals surface area contributed by atoms with Crippen molar-refractivity contribution in [2.45, 2.75) is 41.5 Å². The molecule has 0 saturated carbocycles. The number of hydrogen-bond donors (Lipinski definition) is 0. The Morgan fingerprint density at radius 3 is 1.11 bits per heavy atom. The molecule has 3 radical (unpaired) electrons. The van der Waals surface area contributed by atoms with Crippen molar-refractivity contribution < 1.29 is 64.7 Å². The first kappa shape index (κ1) is 81.2. The minimum atomic E-state index is 0. The van der Waals surface area contributed by atoms with Gasteiger partial charge in [-0.1, -0.05) is 175 Å². The van der Waals surface area contributed by atoms with Crippen molar-refractivity contribution in [3.63, 3.8) is 0 Å². The Bertz CT molecular complexity index is 5460. The molecular weight excluding hydrogens is 1900 g/mol. The predicted molar refractivity (Wildman–Crippen MR) is 429 cm³/mol. The van der Waals surface area contributed by atoms with Gasteiger partial charge in [0.25, 0.3) is 0 Å². The van der Waals surface area contributed by atoms with Gasteiger partial charge in [-0.05, 0) is 121 Å². The summed E-state index contributed by atoms with van der Waals surface area (Å²) in [7, 11) is 0. The van der Waals surface area contributed by atoms with Gasteiger partial charge in [0.05, 0.1) is 41.9 Å². The maximum absolute atomic E-state index is 5.08. The summed E-state index contributed by atoms with van der Waals surface area (Å²) in [5.41, 5.74) is 25.5. The fourth-order valence-electron chi connectivity index (χ4n) is 11.9. The number of aryl methyl sites for hydroxylation is 5. The molecule has 0 N–H and O–H groups in total. The Morgan fingerprint density at radius 1 is 0.333 bits per heavy atom. The van der Waals surface area contributed by atoms with Gasteiger partial charge in [-0.25, -0.2) is 4.68 Å². The van der Waals surface area contributed by atoms with Crippen LogP contribution < -0.4 is 0 Å². The van der Waals surface area contributed by atoms with E-state index in [0.717, 1.165) is 90.7 Å². The van der Waals surface area contributed by atoms with Crippen molar-refractivity contribution in [3.05, 3.63) is 417 Å². The van der Waals surface area contributed by atoms with Crippen molar-refractivity contribution >= 4 is 0 Å². The topological polar surface area (TPSA) is 141 Å².